The molecule has 0 spiro atoms. The van der Waals surface area contributed by atoms with Gasteiger partial charge in [-0.15, -0.1) is 41.9 Å². The van der Waals surface area contributed by atoms with Crippen LogP contribution in [-0.2, 0) is 12.0 Å². The van der Waals surface area contributed by atoms with Gasteiger partial charge in [-0.1, -0.05) is 12.1 Å². The fraction of sp³-hybridized carbons (Fsp3) is 0.353. The van der Waals surface area contributed by atoms with Crippen molar-refractivity contribution in [3.05, 3.63) is 59.2 Å². The maximum Gasteiger partial charge on any atom is 0.191 e. The van der Waals surface area contributed by atoms with Gasteiger partial charge in [0.05, 0.1) is 12.8 Å². The van der Waals surface area contributed by atoms with Crippen LogP contribution in [0.15, 0.2) is 58.0 Å². The highest BCUT2D eigenvalue weighted by Gasteiger charge is 2.23. The Hall–Kier alpha value is -1.32. The van der Waals surface area contributed by atoms with Crippen molar-refractivity contribution in [3.63, 3.8) is 0 Å². The number of thiophene rings is 1. The zero-order valence-electron chi connectivity index (χ0n) is 13.7. The average Bonchev–Trinajstić information content (AvgIpc) is 3.22. The second kappa shape index (κ2) is 10.5. The number of aliphatic hydroxyl groups is 1. The molecule has 0 radical (unpaired) electrons. The summed E-state index contributed by atoms with van der Waals surface area (Å²) in [5, 5.41) is 18.9. The van der Waals surface area contributed by atoms with E-state index in [1.54, 1.807) is 19.3 Å². The van der Waals surface area contributed by atoms with E-state index in [0.29, 0.717) is 19.0 Å². The first kappa shape index (κ1) is 20.7. The molecule has 0 saturated heterocycles. The maximum atomic E-state index is 10.5. The predicted molar refractivity (Wildman–Crippen MR) is 110 cm³/mol. The third kappa shape index (κ3) is 6.66. The molecule has 2 rings (SSSR count). The first-order valence-electron chi connectivity index (χ1n) is 7.53. The van der Waals surface area contributed by atoms with Crippen LogP contribution in [0.2, 0.25) is 0 Å². The first-order valence-corrected chi connectivity index (χ1v) is 8.41. The lowest BCUT2D eigenvalue weighted by Gasteiger charge is -2.20. The summed E-state index contributed by atoms with van der Waals surface area (Å²) in [6.07, 6.45) is 4.20. The van der Waals surface area contributed by atoms with E-state index in [9.17, 15) is 5.11 Å². The number of guanidine groups is 1. The van der Waals surface area contributed by atoms with Crippen molar-refractivity contribution in [1.29, 1.82) is 0 Å². The minimum atomic E-state index is -0.974. The van der Waals surface area contributed by atoms with Crippen LogP contribution >= 0.6 is 35.3 Å². The highest BCUT2D eigenvalue weighted by molar-refractivity contribution is 14.0. The van der Waals surface area contributed by atoms with Gasteiger partial charge in [0.1, 0.15) is 11.4 Å². The van der Waals surface area contributed by atoms with Crippen molar-refractivity contribution in [1.82, 2.24) is 10.6 Å². The molecular formula is C17H24IN3O2S. The summed E-state index contributed by atoms with van der Waals surface area (Å²) in [6, 6.07) is 7.66. The standard InChI is InChI=1S/C17H23N3O2S.HI/c1-3-9-18-16(19-10-8-14-6-4-11-22-14)20-13-17(2,21)15-7-5-12-23-15;/h3-7,11-12,21H,1,8-10,13H2,2H3,(H2,18,19,20);1H. The summed E-state index contributed by atoms with van der Waals surface area (Å²) in [5.74, 6) is 1.57. The molecule has 0 saturated carbocycles. The summed E-state index contributed by atoms with van der Waals surface area (Å²) in [5.41, 5.74) is -0.974. The van der Waals surface area contributed by atoms with Crippen molar-refractivity contribution in [2.24, 2.45) is 4.99 Å². The number of nitrogens with zero attached hydrogens (tertiary/aromatic N) is 1. The Balaban J connectivity index is 0.00000288. The molecule has 1 unspecified atom stereocenters. The van der Waals surface area contributed by atoms with Crippen molar-refractivity contribution in [2.45, 2.75) is 18.9 Å². The van der Waals surface area contributed by atoms with E-state index in [1.165, 1.54) is 11.3 Å². The van der Waals surface area contributed by atoms with Crippen molar-refractivity contribution < 1.29 is 9.52 Å². The quantitative estimate of drug-likeness (QED) is 0.245. The normalized spacial score (nSPS) is 13.7. The molecule has 0 amide bonds. The first-order chi connectivity index (χ1) is 11.1. The SMILES string of the molecule is C=CCNC(=NCC(C)(O)c1cccs1)NCCc1ccco1.I. The molecule has 2 aromatic heterocycles. The van der Waals surface area contributed by atoms with Gasteiger partial charge in [-0.2, -0.15) is 0 Å². The van der Waals surface area contributed by atoms with Crippen LogP contribution in [0.3, 0.4) is 0 Å². The van der Waals surface area contributed by atoms with Gasteiger partial charge in [0, 0.05) is 24.4 Å². The topological polar surface area (TPSA) is 69.8 Å². The number of nitrogens with one attached hydrogen (secondary N) is 2. The molecule has 132 valence electrons. The number of rotatable bonds is 8. The maximum absolute atomic E-state index is 10.5. The number of furan rings is 1. The molecule has 7 heteroatoms. The molecule has 0 aliphatic rings. The van der Waals surface area contributed by atoms with Crippen LogP contribution in [0.4, 0.5) is 0 Å². The number of hydrogen-bond donors (Lipinski definition) is 3. The second-order valence-electron chi connectivity index (χ2n) is 5.34. The van der Waals surface area contributed by atoms with E-state index >= 15 is 0 Å². The monoisotopic (exact) mass is 461 g/mol. The van der Waals surface area contributed by atoms with Crippen LogP contribution in [0.1, 0.15) is 17.6 Å². The van der Waals surface area contributed by atoms with Gasteiger partial charge < -0.3 is 20.2 Å². The van der Waals surface area contributed by atoms with E-state index < -0.39 is 5.60 Å². The lowest BCUT2D eigenvalue weighted by molar-refractivity contribution is 0.0711. The molecular weight excluding hydrogens is 437 g/mol. The number of aliphatic imine (C=N–C) groups is 1. The van der Waals surface area contributed by atoms with E-state index in [4.69, 9.17) is 4.42 Å². The summed E-state index contributed by atoms with van der Waals surface area (Å²) >= 11 is 1.53. The minimum absolute atomic E-state index is 0. The fourth-order valence-electron chi connectivity index (χ4n) is 2.00. The van der Waals surface area contributed by atoms with Crippen LogP contribution in [0.25, 0.3) is 0 Å². The van der Waals surface area contributed by atoms with Gasteiger partial charge in [-0.05, 0) is 30.5 Å². The van der Waals surface area contributed by atoms with Crippen LogP contribution in [0, 0.1) is 0 Å². The fourth-order valence-corrected chi connectivity index (χ4v) is 2.78. The molecule has 0 aromatic carbocycles. The van der Waals surface area contributed by atoms with Crippen LogP contribution in [0.5, 0.6) is 0 Å². The largest absolute Gasteiger partial charge is 0.469 e. The zero-order valence-corrected chi connectivity index (χ0v) is 16.8. The van der Waals surface area contributed by atoms with Gasteiger partial charge in [0.25, 0.3) is 0 Å². The Bertz CT molecular complexity index is 610. The Kier molecular flexibility index (Phi) is 9.09. The summed E-state index contributed by atoms with van der Waals surface area (Å²) in [7, 11) is 0. The number of halogens is 1. The molecule has 0 bridgehead atoms. The Morgan fingerprint density at radius 2 is 2.25 bits per heavy atom. The lowest BCUT2D eigenvalue weighted by atomic mass is 10.1. The Morgan fingerprint density at radius 3 is 2.88 bits per heavy atom. The van der Waals surface area contributed by atoms with Gasteiger partial charge in [-0.3, -0.25) is 0 Å². The summed E-state index contributed by atoms with van der Waals surface area (Å²) in [6.45, 7) is 7.04. The van der Waals surface area contributed by atoms with Crippen LogP contribution < -0.4 is 10.6 Å². The lowest BCUT2D eigenvalue weighted by Crippen LogP contribution is -2.39. The van der Waals surface area contributed by atoms with Crippen molar-refractivity contribution >= 4 is 41.3 Å². The molecule has 24 heavy (non-hydrogen) atoms. The molecule has 1 atom stereocenters. The zero-order chi connectivity index (χ0) is 16.5. The molecule has 0 aliphatic carbocycles. The molecule has 5 nitrogen and oxygen atoms in total. The van der Waals surface area contributed by atoms with E-state index in [2.05, 4.69) is 22.2 Å². The van der Waals surface area contributed by atoms with Crippen molar-refractivity contribution in [3.8, 4) is 0 Å². The average molecular weight is 461 g/mol. The van der Waals surface area contributed by atoms with Gasteiger partial charge in [0.2, 0.25) is 0 Å². The smallest absolute Gasteiger partial charge is 0.191 e. The molecule has 2 heterocycles. The summed E-state index contributed by atoms with van der Waals surface area (Å²) < 4.78 is 5.30. The highest BCUT2D eigenvalue weighted by Crippen LogP contribution is 2.25. The molecule has 0 fully saturated rings. The summed E-state index contributed by atoms with van der Waals surface area (Å²) in [4.78, 5) is 5.38. The van der Waals surface area contributed by atoms with Crippen LogP contribution in [-0.4, -0.2) is 30.7 Å². The number of hydrogen-bond acceptors (Lipinski definition) is 4. The van der Waals surface area contributed by atoms with Gasteiger partial charge in [-0.25, -0.2) is 4.99 Å². The Labute approximate surface area is 163 Å². The molecule has 3 N–H and O–H groups in total. The molecule has 0 aliphatic heterocycles. The third-order valence-electron chi connectivity index (χ3n) is 3.25. The predicted octanol–water partition coefficient (Wildman–Crippen LogP) is 3.13. The second-order valence-corrected chi connectivity index (χ2v) is 6.29. The Morgan fingerprint density at radius 1 is 1.42 bits per heavy atom. The highest BCUT2D eigenvalue weighted by atomic mass is 127. The van der Waals surface area contributed by atoms with Gasteiger partial charge in [0.15, 0.2) is 5.96 Å². The molecule has 2 aromatic rings. The van der Waals surface area contributed by atoms with Crippen molar-refractivity contribution in [2.75, 3.05) is 19.6 Å². The minimum Gasteiger partial charge on any atom is -0.469 e. The third-order valence-corrected chi connectivity index (χ3v) is 4.38. The van der Waals surface area contributed by atoms with E-state index in [-0.39, 0.29) is 30.5 Å². The van der Waals surface area contributed by atoms with Gasteiger partial charge >= 0.3 is 0 Å². The van der Waals surface area contributed by atoms with E-state index in [1.807, 2.05) is 29.6 Å². The van der Waals surface area contributed by atoms with E-state index in [0.717, 1.165) is 17.1 Å².